The number of carbonyl (C=O) groups excluding carboxylic acids is 2. The molecule has 2 saturated carbocycles. The molecule has 3 aromatic carbocycles. The standard InChI is InChI=1S/C33H24ClF3N2O4S2/c34-18-5-1-3-15(11-18)14-43-20-9-7-16(8-10-20)23-24-21-13-22(27(24)44-29-28(23)45-32(42)38-29)26-25(21)30(40)39(31(26)41)19-6-2-4-17(12-19)33(35,36)37/h1-12,21-27H,13-14H2,(H,38,42)/t21-,22-,23+,24+,25+,26+,27-/m1/s1. The Hall–Kier alpha value is -3.54. The molecule has 6 nitrogen and oxygen atoms in total. The van der Waals surface area contributed by atoms with Gasteiger partial charge in [0.2, 0.25) is 11.8 Å². The molecule has 0 unspecified atom stereocenters. The van der Waals surface area contributed by atoms with Crippen molar-refractivity contribution in [2.24, 2.45) is 29.6 Å². The van der Waals surface area contributed by atoms with Gasteiger partial charge in [-0.25, -0.2) is 0 Å². The number of thioether (sulfide) groups is 1. The number of aromatic amines is 1. The summed E-state index contributed by atoms with van der Waals surface area (Å²) < 4.78 is 46.4. The topological polar surface area (TPSA) is 79.5 Å². The molecule has 2 aliphatic carbocycles. The molecular weight excluding hydrogens is 645 g/mol. The molecule has 4 aliphatic rings. The normalized spacial score (nSPS) is 28.3. The van der Waals surface area contributed by atoms with Gasteiger partial charge in [-0.1, -0.05) is 53.3 Å². The van der Waals surface area contributed by atoms with Crippen molar-refractivity contribution in [1.29, 1.82) is 0 Å². The van der Waals surface area contributed by atoms with E-state index in [1.54, 1.807) is 17.8 Å². The summed E-state index contributed by atoms with van der Waals surface area (Å²) in [7, 11) is 0. The Morgan fingerprint density at radius 3 is 2.40 bits per heavy atom. The number of aromatic nitrogens is 1. The molecular formula is C33H24ClF3N2O4S2. The van der Waals surface area contributed by atoms with Crippen molar-refractivity contribution in [3.8, 4) is 5.75 Å². The molecule has 7 atom stereocenters. The van der Waals surface area contributed by atoms with E-state index in [9.17, 15) is 27.6 Å². The summed E-state index contributed by atoms with van der Waals surface area (Å²) in [5.74, 6) is -1.91. The Morgan fingerprint density at radius 1 is 0.933 bits per heavy atom. The number of anilines is 1. The lowest BCUT2D eigenvalue weighted by atomic mass is 9.68. The molecule has 0 spiro atoms. The average Bonchev–Trinajstić information content (AvgIpc) is 3.75. The molecule has 1 saturated heterocycles. The summed E-state index contributed by atoms with van der Waals surface area (Å²) in [4.78, 5) is 45.0. The first-order chi connectivity index (χ1) is 21.6. The average molecular weight is 669 g/mol. The second kappa shape index (κ2) is 10.5. The minimum atomic E-state index is -4.60. The lowest BCUT2D eigenvalue weighted by molar-refractivity contribution is -0.137. The fraction of sp³-hybridized carbons (Fsp3) is 0.303. The van der Waals surface area contributed by atoms with E-state index in [1.165, 1.54) is 23.5 Å². The second-order valence-electron chi connectivity index (χ2n) is 12.0. The number of hydrogen-bond acceptors (Lipinski definition) is 6. The van der Waals surface area contributed by atoms with Crippen LogP contribution < -0.4 is 14.5 Å². The number of amides is 2. The van der Waals surface area contributed by atoms with E-state index in [0.29, 0.717) is 23.8 Å². The van der Waals surface area contributed by atoms with Crippen molar-refractivity contribution >= 4 is 52.2 Å². The van der Waals surface area contributed by atoms with Gasteiger partial charge in [-0.2, -0.15) is 13.2 Å². The molecule has 45 heavy (non-hydrogen) atoms. The third kappa shape index (κ3) is 4.65. The minimum Gasteiger partial charge on any atom is -0.489 e. The van der Waals surface area contributed by atoms with Crippen LogP contribution in [-0.2, 0) is 22.4 Å². The Morgan fingerprint density at radius 2 is 1.67 bits per heavy atom. The number of hydrogen-bond donors (Lipinski definition) is 1. The van der Waals surface area contributed by atoms with Crippen molar-refractivity contribution in [2.45, 2.75) is 35.4 Å². The Labute approximate surface area is 268 Å². The molecule has 3 fully saturated rings. The molecule has 2 aliphatic heterocycles. The maximum Gasteiger partial charge on any atom is 0.416 e. The molecule has 2 amide bonds. The Balaban J connectivity index is 1.11. The number of thiazole rings is 1. The number of nitrogens with one attached hydrogen (secondary N) is 1. The summed E-state index contributed by atoms with van der Waals surface area (Å²) >= 11 is 8.82. The summed E-state index contributed by atoms with van der Waals surface area (Å²) in [5.41, 5.74) is 0.968. The van der Waals surface area contributed by atoms with Crippen molar-refractivity contribution in [1.82, 2.24) is 4.98 Å². The van der Waals surface area contributed by atoms with Gasteiger partial charge in [-0.05, 0) is 77.8 Å². The molecule has 3 heterocycles. The molecule has 2 bridgehead atoms. The second-order valence-corrected chi connectivity index (χ2v) is 14.6. The number of imide groups is 1. The third-order valence-corrected chi connectivity index (χ3v) is 12.5. The first-order valence-electron chi connectivity index (χ1n) is 14.5. The first kappa shape index (κ1) is 28.9. The van der Waals surface area contributed by atoms with Crippen LogP contribution in [0.2, 0.25) is 5.02 Å². The molecule has 4 aromatic rings. The van der Waals surface area contributed by atoms with Crippen LogP contribution in [0, 0.1) is 29.6 Å². The highest BCUT2D eigenvalue weighted by atomic mass is 35.5. The molecule has 0 radical (unpaired) electrons. The molecule has 8 rings (SSSR count). The van der Waals surface area contributed by atoms with Gasteiger partial charge < -0.3 is 9.72 Å². The van der Waals surface area contributed by atoms with Crippen LogP contribution in [0.25, 0.3) is 0 Å². The van der Waals surface area contributed by atoms with E-state index in [4.69, 9.17) is 16.3 Å². The van der Waals surface area contributed by atoms with E-state index < -0.39 is 35.4 Å². The van der Waals surface area contributed by atoms with Crippen LogP contribution in [0.4, 0.5) is 18.9 Å². The van der Waals surface area contributed by atoms with E-state index >= 15 is 0 Å². The lowest BCUT2D eigenvalue weighted by Crippen LogP contribution is -2.42. The van der Waals surface area contributed by atoms with Crippen LogP contribution in [0.1, 0.15) is 33.9 Å². The van der Waals surface area contributed by atoms with Gasteiger partial charge in [0.1, 0.15) is 12.4 Å². The quantitative estimate of drug-likeness (QED) is 0.225. The predicted molar refractivity (Wildman–Crippen MR) is 165 cm³/mol. The largest absolute Gasteiger partial charge is 0.489 e. The first-order valence-corrected chi connectivity index (χ1v) is 16.6. The van der Waals surface area contributed by atoms with Crippen LogP contribution in [0.15, 0.2) is 82.6 Å². The minimum absolute atomic E-state index is 0.0309. The van der Waals surface area contributed by atoms with Gasteiger partial charge in [-0.15, -0.1) is 11.8 Å². The van der Waals surface area contributed by atoms with Gasteiger partial charge in [0.25, 0.3) is 0 Å². The number of ether oxygens (including phenoxy) is 1. The van der Waals surface area contributed by atoms with Crippen molar-refractivity contribution in [3.63, 3.8) is 0 Å². The highest BCUT2D eigenvalue weighted by Gasteiger charge is 2.69. The Bertz CT molecular complexity index is 1910. The number of alkyl halides is 3. The number of H-pyrrole nitrogens is 1. The Kier molecular flexibility index (Phi) is 6.74. The number of nitrogens with zero attached hydrogens (tertiary/aromatic N) is 1. The SMILES string of the molecule is O=C1[C@H]2[C@H]3C[C@@H]([C@@H]2C(=O)N1c1cccc(C(F)(F)F)c1)[C@H]1[C@H](c2ccc(OCc4cccc(Cl)c4)cc2)c2sc(=O)[nH]c2S[C@H]31. The fourth-order valence-electron chi connectivity index (χ4n) is 8.03. The van der Waals surface area contributed by atoms with Crippen LogP contribution in [-0.4, -0.2) is 22.0 Å². The van der Waals surface area contributed by atoms with E-state index in [0.717, 1.165) is 38.1 Å². The summed E-state index contributed by atoms with van der Waals surface area (Å²) in [6.45, 7) is 0.347. The third-order valence-electron chi connectivity index (χ3n) is 9.69. The number of benzene rings is 3. The van der Waals surface area contributed by atoms with Gasteiger partial charge in [-0.3, -0.25) is 19.3 Å². The van der Waals surface area contributed by atoms with E-state index in [2.05, 4.69) is 4.98 Å². The summed E-state index contributed by atoms with van der Waals surface area (Å²) in [6.07, 6.45) is -3.91. The highest BCUT2D eigenvalue weighted by Crippen LogP contribution is 2.68. The summed E-state index contributed by atoms with van der Waals surface area (Å²) in [5, 5.41) is 1.38. The zero-order chi connectivity index (χ0) is 31.2. The molecule has 1 aromatic heterocycles. The molecule has 1 N–H and O–H groups in total. The zero-order valence-electron chi connectivity index (χ0n) is 23.3. The lowest BCUT2D eigenvalue weighted by Gasteiger charge is -2.43. The number of fused-ring (bicyclic) bond motifs is 9. The van der Waals surface area contributed by atoms with Gasteiger partial charge in [0, 0.05) is 21.1 Å². The molecule has 12 heteroatoms. The van der Waals surface area contributed by atoms with E-state index in [-0.39, 0.29) is 39.5 Å². The summed E-state index contributed by atoms with van der Waals surface area (Å²) in [6, 6.07) is 19.6. The monoisotopic (exact) mass is 668 g/mol. The van der Waals surface area contributed by atoms with Crippen molar-refractivity contribution < 1.29 is 27.5 Å². The van der Waals surface area contributed by atoms with Crippen LogP contribution in [0.3, 0.4) is 0 Å². The number of halogens is 4. The van der Waals surface area contributed by atoms with Gasteiger partial charge in [0.15, 0.2) is 0 Å². The van der Waals surface area contributed by atoms with Crippen molar-refractivity contribution in [3.05, 3.63) is 109 Å². The van der Waals surface area contributed by atoms with Gasteiger partial charge >= 0.3 is 11.0 Å². The van der Waals surface area contributed by atoms with Gasteiger partial charge in [0.05, 0.1) is 28.1 Å². The fourth-order valence-corrected chi connectivity index (χ4v) is 11.1. The maximum atomic E-state index is 13.9. The van der Waals surface area contributed by atoms with Crippen LogP contribution in [0.5, 0.6) is 5.75 Å². The van der Waals surface area contributed by atoms with Crippen molar-refractivity contribution in [2.75, 3.05) is 4.90 Å². The maximum absolute atomic E-state index is 13.9. The van der Waals surface area contributed by atoms with E-state index in [1.807, 2.05) is 42.5 Å². The highest BCUT2D eigenvalue weighted by molar-refractivity contribution is 8.00. The van der Waals surface area contributed by atoms with Crippen LogP contribution >= 0.6 is 34.7 Å². The zero-order valence-corrected chi connectivity index (χ0v) is 25.7. The smallest absolute Gasteiger partial charge is 0.416 e. The molecule has 230 valence electrons. The number of carbonyl (C=O) groups is 2. The predicted octanol–water partition coefficient (Wildman–Crippen LogP) is 7.37. The number of rotatable bonds is 5.